The summed E-state index contributed by atoms with van der Waals surface area (Å²) in [4.78, 5) is 18.1. The minimum absolute atomic E-state index is 0.0454. The van der Waals surface area contributed by atoms with E-state index >= 15 is 0 Å². The summed E-state index contributed by atoms with van der Waals surface area (Å²) in [6.45, 7) is 4.85. The van der Waals surface area contributed by atoms with Crippen molar-refractivity contribution >= 4 is 35.0 Å². The number of fused-ring (bicyclic) bond motifs is 1. The van der Waals surface area contributed by atoms with Crippen LogP contribution in [0.5, 0.6) is 5.75 Å². The summed E-state index contributed by atoms with van der Waals surface area (Å²) in [5.41, 5.74) is 2.80. The number of aryl methyl sites for hydroxylation is 1. The smallest absolute Gasteiger partial charge is 0.258 e. The van der Waals surface area contributed by atoms with Crippen molar-refractivity contribution in [3.05, 3.63) is 58.5 Å². The molecule has 0 radical (unpaired) electrons. The van der Waals surface area contributed by atoms with Gasteiger partial charge in [0.2, 0.25) is 0 Å². The molecule has 0 saturated heterocycles. The lowest BCUT2D eigenvalue weighted by molar-refractivity contribution is 0.318. The second-order valence-corrected chi connectivity index (χ2v) is 8.64. The quantitative estimate of drug-likeness (QED) is 0.354. The summed E-state index contributed by atoms with van der Waals surface area (Å²) in [5, 5.41) is 9.29. The van der Waals surface area contributed by atoms with Crippen molar-refractivity contribution < 1.29 is 4.74 Å². The van der Waals surface area contributed by atoms with Crippen LogP contribution < -0.4 is 10.3 Å². The Kier molecular flexibility index (Phi) is 7.69. The summed E-state index contributed by atoms with van der Waals surface area (Å²) in [5.74, 6) is 1.56. The minimum atomic E-state index is -0.232. The van der Waals surface area contributed by atoms with Crippen LogP contribution in [0, 0.1) is 5.41 Å². The number of hydrogen-bond acceptors (Lipinski definition) is 5. The molecule has 6 heteroatoms. The number of aromatic nitrogens is 1. The molecule has 1 unspecified atom stereocenters. The molecule has 0 saturated carbocycles. The van der Waals surface area contributed by atoms with Gasteiger partial charge in [0.25, 0.3) is 5.56 Å². The highest BCUT2D eigenvalue weighted by atomic mass is 32.2. The zero-order valence-electron chi connectivity index (χ0n) is 18.5. The van der Waals surface area contributed by atoms with Crippen LogP contribution >= 0.6 is 11.8 Å². The first-order chi connectivity index (χ1) is 15.0. The molecule has 0 amide bonds. The fourth-order valence-electron chi connectivity index (χ4n) is 3.60. The van der Waals surface area contributed by atoms with Gasteiger partial charge in [0, 0.05) is 54.1 Å². The number of ether oxygens (including phenoxy) is 1. The van der Waals surface area contributed by atoms with Crippen molar-refractivity contribution in [2.45, 2.75) is 31.1 Å². The van der Waals surface area contributed by atoms with Crippen LogP contribution in [0.3, 0.4) is 0 Å². The van der Waals surface area contributed by atoms with Gasteiger partial charge in [-0.2, -0.15) is 0 Å². The second kappa shape index (κ2) is 10.4. The Morgan fingerprint density at radius 1 is 1.16 bits per heavy atom. The van der Waals surface area contributed by atoms with Gasteiger partial charge in [-0.05, 0) is 53.5 Å². The number of nitrogens with one attached hydrogen (secondary N) is 1. The van der Waals surface area contributed by atoms with Crippen LogP contribution in [0.2, 0.25) is 0 Å². The summed E-state index contributed by atoms with van der Waals surface area (Å²) >= 11 is 1.78. The Morgan fingerprint density at radius 3 is 2.65 bits per heavy atom. The Bertz CT molecular complexity index is 1170. The molecule has 0 aliphatic heterocycles. The van der Waals surface area contributed by atoms with Gasteiger partial charge in [-0.25, -0.2) is 0 Å². The van der Waals surface area contributed by atoms with Crippen molar-refractivity contribution in [3.8, 4) is 16.9 Å². The fourth-order valence-corrected chi connectivity index (χ4v) is 4.30. The van der Waals surface area contributed by atoms with Crippen LogP contribution in [-0.2, 0) is 7.05 Å². The third-order valence-corrected chi connectivity index (χ3v) is 5.97. The molecule has 5 nitrogen and oxygen atoms in total. The van der Waals surface area contributed by atoms with Gasteiger partial charge in [0.15, 0.2) is 0 Å². The summed E-state index contributed by atoms with van der Waals surface area (Å²) < 4.78 is 7.70. The molecular weight excluding hydrogens is 406 g/mol. The molecule has 31 heavy (non-hydrogen) atoms. The largest absolute Gasteiger partial charge is 0.493 e. The first-order valence-corrected chi connectivity index (χ1v) is 11.5. The third kappa shape index (κ3) is 4.90. The minimum Gasteiger partial charge on any atom is -0.493 e. The van der Waals surface area contributed by atoms with Crippen molar-refractivity contribution in [3.63, 3.8) is 0 Å². The molecule has 0 aliphatic carbocycles. The molecule has 3 rings (SSSR count). The number of pyridine rings is 1. The van der Waals surface area contributed by atoms with Gasteiger partial charge in [0.1, 0.15) is 5.75 Å². The third-order valence-electron chi connectivity index (χ3n) is 5.10. The molecule has 1 atom stereocenters. The standard InChI is InChI=1S/C25H29N3O2S/c1-5-11-30-24-10-8-19(31-6-2)13-22(24)23-16-28(4)25(29)20-9-7-17(12-21(20)23)18(14-26)15-27-3/h7-10,12-16,18,26H,5-6,11H2,1-4H3. The van der Waals surface area contributed by atoms with Crippen molar-refractivity contribution in [2.24, 2.45) is 12.0 Å². The Hall–Kier alpha value is -2.86. The van der Waals surface area contributed by atoms with Gasteiger partial charge >= 0.3 is 0 Å². The zero-order valence-corrected chi connectivity index (χ0v) is 19.3. The molecule has 0 spiro atoms. The molecule has 0 bridgehead atoms. The lowest BCUT2D eigenvalue weighted by Crippen LogP contribution is -2.17. The van der Waals surface area contributed by atoms with E-state index in [1.165, 1.54) is 6.21 Å². The summed E-state index contributed by atoms with van der Waals surface area (Å²) in [6.07, 6.45) is 5.91. The SMILES string of the molecule is CCCOc1ccc(SCC)cc1-c1cn(C)c(=O)c2ccc(C(C=N)C=NC)cc12. The molecule has 1 aromatic heterocycles. The first-order valence-electron chi connectivity index (χ1n) is 10.5. The Morgan fingerprint density at radius 2 is 1.97 bits per heavy atom. The first kappa shape index (κ1) is 22.8. The van der Waals surface area contributed by atoms with Crippen LogP contribution in [0.1, 0.15) is 31.7 Å². The normalized spacial score (nSPS) is 12.4. The zero-order chi connectivity index (χ0) is 22.4. The Balaban J connectivity index is 2.32. The van der Waals surface area contributed by atoms with E-state index in [0.717, 1.165) is 44.9 Å². The molecule has 1 N–H and O–H groups in total. The van der Waals surface area contributed by atoms with Crippen LogP contribution in [0.15, 0.2) is 57.3 Å². The molecule has 2 aromatic carbocycles. The number of rotatable bonds is 9. The van der Waals surface area contributed by atoms with E-state index in [1.807, 2.05) is 30.5 Å². The van der Waals surface area contributed by atoms with Gasteiger partial charge in [0.05, 0.1) is 12.5 Å². The van der Waals surface area contributed by atoms with Crippen LogP contribution in [0.4, 0.5) is 0 Å². The van der Waals surface area contributed by atoms with Crippen LogP contribution in [-0.4, -0.2) is 36.4 Å². The van der Waals surface area contributed by atoms with Gasteiger partial charge < -0.3 is 14.7 Å². The average Bonchev–Trinajstić information content (AvgIpc) is 2.79. The number of thioether (sulfide) groups is 1. The number of nitrogens with zero attached hydrogens (tertiary/aromatic N) is 2. The van der Waals surface area contributed by atoms with E-state index in [2.05, 4.69) is 31.0 Å². The highest BCUT2D eigenvalue weighted by Crippen LogP contribution is 2.38. The summed E-state index contributed by atoms with van der Waals surface area (Å²) in [7, 11) is 3.48. The lowest BCUT2D eigenvalue weighted by Gasteiger charge is -2.17. The molecule has 0 fully saturated rings. The maximum atomic E-state index is 12.9. The van der Waals surface area contributed by atoms with Gasteiger partial charge in [-0.1, -0.05) is 19.9 Å². The maximum absolute atomic E-state index is 12.9. The van der Waals surface area contributed by atoms with Gasteiger partial charge in [-0.15, -0.1) is 11.8 Å². The predicted octanol–water partition coefficient (Wildman–Crippen LogP) is 5.54. The predicted molar refractivity (Wildman–Crippen MR) is 133 cm³/mol. The van der Waals surface area contributed by atoms with Crippen LogP contribution in [0.25, 0.3) is 21.9 Å². The molecular formula is C25H29N3O2S. The van der Waals surface area contributed by atoms with E-state index in [0.29, 0.717) is 12.0 Å². The van der Waals surface area contributed by atoms with Gasteiger partial charge in [-0.3, -0.25) is 9.79 Å². The maximum Gasteiger partial charge on any atom is 0.258 e. The molecule has 1 heterocycles. The summed E-state index contributed by atoms with van der Waals surface area (Å²) in [6, 6.07) is 12.0. The van der Waals surface area contributed by atoms with E-state index in [9.17, 15) is 4.79 Å². The average molecular weight is 436 g/mol. The molecule has 0 aliphatic rings. The van der Waals surface area contributed by atoms with E-state index < -0.39 is 0 Å². The van der Waals surface area contributed by atoms with E-state index in [-0.39, 0.29) is 11.5 Å². The van der Waals surface area contributed by atoms with E-state index in [4.69, 9.17) is 10.1 Å². The van der Waals surface area contributed by atoms with E-state index in [1.54, 1.807) is 36.6 Å². The lowest BCUT2D eigenvalue weighted by atomic mass is 9.94. The van der Waals surface area contributed by atoms with Crippen molar-refractivity contribution in [2.75, 3.05) is 19.4 Å². The topological polar surface area (TPSA) is 67.4 Å². The Labute approximate surface area is 187 Å². The molecule has 3 aromatic rings. The highest BCUT2D eigenvalue weighted by Gasteiger charge is 2.16. The van der Waals surface area contributed by atoms with Crippen molar-refractivity contribution in [1.82, 2.24) is 4.57 Å². The number of aliphatic imine (C=N–C) groups is 1. The monoisotopic (exact) mass is 435 g/mol. The number of benzene rings is 2. The number of hydrogen-bond donors (Lipinski definition) is 1. The molecule has 162 valence electrons. The van der Waals surface area contributed by atoms with Crippen molar-refractivity contribution in [1.29, 1.82) is 5.41 Å². The second-order valence-electron chi connectivity index (χ2n) is 7.30. The fraction of sp³-hybridized carbons (Fsp3) is 0.320. The highest BCUT2D eigenvalue weighted by molar-refractivity contribution is 7.99.